The number of hydrogen-bond donors (Lipinski definition) is 4. The van der Waals surface area contributed by atoms with Crippen molar-refractivity contribution in [3.05, 3.63) is 12.2 Å². The first-order chi connectivity index (χ1) is 23.2. The summed E-state index contributed by atoms with van der Waals surface area (Å²) in [5.74, 6) is -1.46. The fourth-order valence-electron chi connectivity index (χ4n) is 6.40. The molecule has 48 heavy (non-hydrogen) atoms. The summed E-state index contributed by atoms with van der Waals surface area (Å²) in [6, 6.07) is -1.15. The molecule has 3 unspecified atom stereocenters. The van der Waals surface area contributed by atoms with Gasteiger partial charge in [-0.3, -0.25) is 9.35 Å². The molecule has 0 bridgehead atoms. The van der Waals surface area contributed by atoms with Crippen LogP contribution in [0.2, 0.25) is 0 Å². The Morgan fingerprint density at radius 3 is 1.29 bits per heavy atom. The lowest BCUT2D eigenvalue weighted by Gasteiger charge is -2.24. The summed E-state index contributed by atoms with van der Waals surface area (Å²) in [7, 11) is -4.40. The molecule has 4 N–H and O–H groups in total. The van der Waals surface area contributed by atoms with Crippen LogP contribution in [0.25, 0.3) is 0 Å². The van der Waals surface area contributed by atoms with Gasteiger partial charge in [0, 0.05) is 0 Å². The molecule has 1 amide bonds. The smallest absolute Gasteiger partial charge is 0.266 e. The van der Waals surface area contributed by atoms with Crippen molar-refractivity contribution >= 4 is 16.0 Å². The molecule has 0 spiro atoms. The number of allylic oxidation sites excluding steroid dienone is 2. The van der Waals surface area contributed by atoms with Gasteiger partial charge in [-0.2, -0.15) is 8.42 Å². The molecule has 0 aromatic rings. The number of nitrogens with one attached hydrogen (secondary N) is 1. The maximum Gasteiger partial charge on any atom is 0.266 e. The van der Waals surface area contributed by atoms with E-state index < -0.39 is 40.0 Å². The van der Waals surface area contributed by atoms with Gasteiger partial charge >= 0.3 is 0 Å². The molecule has 286 valence electrons. The van der Waals surface area contributed by atoms with E-state index in [0.29, 0.717) is 19.3 Å². The minimum Gasteiger partial charge on any atom is -0.391 e. The summed E-state index contributed by atoms with van der Waals surface area (Å²) in [5, 5.41) is 23.5. The lowest BCUT2D eigenvalue weighted by atomic mass is 10.0. The van der Waals surface area contributed by atoms with Crippen LogP contribution >= 0.6 is 0 Å². The minimum absolute atomic E-state index is 0.284. The predicted molar refractivity (Wildman–Crippen MR) is 204 cm³/mol. The van der Waals surface area contributed by atoms with E-state index in [1.807, 2.05) is 0 Å². The molecule has 0 saturated carbocycles. The monoisotopic (exact) mass is 702 g/mol. The van der Waals surface area contributed by atoms with E-state index in [1.54, 1.807) is 0 Å². The lowest BCUT2D eigenvalue weighted by molar-refractivity contribution is -0.131. The Hall–Kier alpha value is -0.960. The van der Waals surface area contributed by atoms with Crippen molar-refractivity contribution < 1.29 is 28.0 Å². The summed E-state index contributed by atoms with van der Waals surface area (Å²) >= 11 is 0. The molecule has 0 aromatic carbocycles. The van der Waals surface area contributed by atoms with E-state index in [1.165, 1.54) is 122 Å². The van der Waals surface area contributed by atoms with Crippen LogP contribution in [0.15, 0.2) is 12.2 Å². The van der Waals surface area contributed by atoms with E-state index in [-0.39, 0.29) is 6.42 Å². The first-order valence-electron chi connectivity index (χ1n) is 20.5. The predicted octanol–water partition coefficient (Wildman–Crippen LogP) is 10.8. The number of carbonyl (C=O) groups is 1. The van der Waals surface area contributed by atoms with Crippen LogP contribution < -0.4 is 5.32 Å². The lowest BCUT2D eigenvalue weighted by Crippen LogP contribution is -2.50. The van der Waals surface area contributed by atoms with Crippen molar-refractivity contribution in [2.45, 2.75) is 231 Å². The summed E-state index contributed by atoms with van der Waals surface area (Å²) in [5.41, 5.74) is 0. The maximum atomic E-state index is 12.6. The Balaban J connectivity index is 3.93. The molecule has 0 aliphatic rings. The molecular weight excluding hydrogens is 623 g/mol. The highest BCUT2D eigenvalue weighted by Gasteiger charge is 2.28. The van der Waals surface area contributed by atoms with Crippen LogP contribution in [-0.4, -0.2) is 53.1 Å². The van der Waals surface area contributed by atoms with Gasteiger partial charge in [0.25, 0.3) is 10.1 Å². The molecule has 8 heteroatoms. The maximum absolute atomic E-state index is 12.6. The zero-order valence-electron chi connectivity index (χ0n) is 31.5. The van der Waals surface area contributed by atoms with Crippen molar-refractivity contribution in [2.75, 3.05) is 5.75 Å². The van der Waals surface area contributed by atoms with Crippen molar-refractivity contribution in [3.63, 3.8) is 0 Å². The van der Waals surface area contributed by atoms with Crippen LogP contribution in [0.4, 0.5) is 0 Å². The molecule has 0 aromatic heterocycles. The van der Waals surface area contributed by atoms with Crippen molar-refractivity contribution in [2.24, 2.45) is 0 Å². The normalized spacial score (nSPS) is 14.0. The third-order valence-electron chi connectivity index (χ3n) is 9.58. The SMILES string of the molecule is CCCCC/C=C\CCCCCCC(O)C(=O)NC(CS(=O)(=O)O)C(O)CCCCCCCCCCCCCCCCCCCCCC. The standard InChI is InChI=1S/C40H79NO6S/c1-3-5-7-9-11-13-15-16-17-18-19-20-21-22-23-25-26-28-30-32-34-38(42)37(36-48(45,46)47)41-40(44)39(43)35-33-31-29-27-24-14-12-10-8-6-4-2/h12,14,37-39,42-43H,3-11,13,15-36H2,1-2H3,(H,41,44)(H,45,46,47)/b14-12-. The number of carbonyl (C=O) groups excluding carboxylic acids is 1. The van der Waals surface area contributed by atoms with E-state index in [4.69, 9.17) is 0 Å². The first-order valence-corrected chi connectivity index (χ1v) is 22.1. The number of unbranched alkanes of at least 4 members (excludes halogenated alkanes) is 26. The van der Waals surface area contributed by atoms with Gasteiger partial charge in [0.15, 0.2) is 0 Å². The molecule has 0 aliphatic heterocycles. The van der Waals surface area contributed by atoms with Crippen molar-refractivity contribution in [1.82, 2.24) is 5.32 Å². The molecule has 0 fully saturated rings. The quantitative estimate of drug-likeness (QED) is 0.0290. The van der Waals surface area contributed by atoms with E-state index in [2.05, 4.69) is 31.3 Å². The van der Waals surface area contributed by atoms with Gasteiger partial charge in [-0.05, 0) is 38.5 Å². The summed E-state index contributed by atoms with van der Waals surface area (Å²) in [4.78, 5) is 12.6. The average Bonchev–Trinajstić information content (AvgIpc) is 3.05. The number of hydrogen-bond acceptors (Lipinski definition) is 5. The largest absolute Gasteiger partial charge is 0.391 e. The van der Waals surface area contributed by atoms with E-state index in [0.717, 1.165) is 51.4 Å². The zero-order chi connectivity index (χ0) is 35.6. The Labute approximate surface area is 297 Å². The highest BCUT2D eigenvalue weighted by molar-refractivity contribution is 7.85. The molecule has 0 heterocycles. The van der Waals surface area contributed by atoms with E-state index in [9.17, 15) is 28.0 Å². The fraction of sp³-hybridized carbons (Fsp3) is 0.925. The molecule has 0 radical (unpaired) electrons. The number of rotatable bonds is 37. The average molecular weight is 702 g/mol. The Bertz CT molecular complexity index is 834. The number of amides is 1. The molecule has 3 atom stereocenters. The molecule has 7 nitrogen and oxygen atoms in total. The molecule has 0 aliphatic carbocycles. The third kappa shape index (κ3) is 33.5. The second-order valence-electron chi connectivity index (χ2n) is 14.4. The van der Waals surface area contributed by atoms with Gasteiger partial charge in [-0.25, -0.2) is 0 Å². The second-order valence-corrected chi connectivity index (χ2v) is 15.9. The number of aliphatic hydroxyl groups excluding tert-OH is 2. The zero-order valence-corrected chi connectivity index (χ0v) is 32.3. The molecule has 0 rings (SSSR count). The molecule has 0 saturated heterocycles. The van der Waals surface area contributed by atoms with Gasteiger partial charge in [-0.15, -0.1) is 0 Å². The van der Waals surface area contributed by atoms with Gasteiger partial charge in [0.1, 0.15) is 6.10 Å². The Morgan fingerprint density at radius 1 is 0.542 bits per heavy atom. The van der Waals surface area contributed by atoms with Crippen LogP contribution in [-0.2, 0) is 14.9 Å². The first kappa shape index (κ1) is 47.0. The van der Waals surface area contributed by atoms with Crippen LogP contribution in [0.5, 0.6) is 0 Å². The summed E-state index contributed by atoms with van der Waals surface area (Å²) in [6.45, 7) is 4.48. The Kier molecular flexibility index (Phi) is 33.8. The van der Waals surface area contributed by atoms with Gasteiger partial charge in [0.05, 0.1) is 17.9 Å². The van der Waals surface area contributed by atoms with Crippen LogP contribution in [0.3, 0.4) is 0 Å². The topological polar surface area (TPSA) is 124 Å². The highest BCUT2D eigenvalue weighted by atomic mass is 32.2. The Morgan fingerprint density at radius 2 is 0.875 bits per heavy atom. The van der Waals surface area contributed by atoms with E-state index >= 15 is 0 Å². The molecular formula is C40H79NO6S. The van der Waals surface area contributed by atoms with Crippen LogP contribution in [0, 0.1) is 0 Å². The van der Waals surface area contributed by atoms with Gasteiger partial charge in [0.2, 0.25) is 5.91 Å². The summed E-state index contributed by atoms with van der Waals surface area (Å²) in [6.07, 6.45) is 38.1. The summed E-state index contributed by atoms with van der Waals surface area (Å²) < 4.78 is 32.5. The number of aliphatic hydroxyl groups is 2. The van der Waals surface area contributed by atoms with Gasteiger partial charge in [-0.1, -0.05) is 187 Å². The third-order valence-corrected chi connectivity index (χ3v) is 10.4. The minimum atomic E-state index is -4.40. The van der Waals surface area contributed by atoms with Crippen LogP contribution in [0.1, 0.15) is 213 Å². The van der Waals surface area contributed by atoms with Crippen molar-refractivity contribution in [1.29, 1.82) is 0 Å². The second kappa shape index (κ2) is 34.5. The fourth-order valence-corrected chi connectivity index (χ4v) is 7.16. The van der Waals surface area contributed by atoms with Gasteiger partial charge < -0.3 is 15.5 Å². The highest BCUT2D eigenvalue weighted by Crippen LogP contribution is 2.16. The van der Waals surface area contributed by atoms with Crippen molar-refractivity contribution in [3.8, 4) is 0 Å².